The largest absolute Gasteiger partial charge is 0.484 e. The van der Waals surface area contributed by atoms with Crippen LogP contribution in [0, 0.1) is 11.8 Å². The quantitative estimate of drug-likeness (QED) is 0.789. The lowest BCUT2D eigenvalue weighted by Crippen LogP contribution is -2.38. The van der Waals surface area contributed by atoms with Crippen molar-refractivity contribution in [3.05, 3.63) is 52.8 Å². The number of benzene rings is 1. The van der Waals surface area contributed by atoms with Crippen LogP contribution in [0.5, 0.6) is 5.75 Å². The van der Waals surface area contributed by atoms with Gasteiger partial charge in [0.05, 0.1) is 12.2 Å². The second-order valence-electron chi connectivity index (χ2n) is 7.93. The van der Waals surface area contributed by atoms with Crippen LogP contribution in [-0.2, 0) is 6.54 Å². The highest BCUT2D eigenvalue weighted by molar-refractivity contribution is 6.30. The average molecular weight is 357 g/mol. The summed E-state index contributed by atoms with van der Waals surface area (Å²) in [5.41, 5.74) is 2.53. The van der Waals surface area contributed by atoms with E-state index in [-0.39, 0.29) is 6.10 Å². The van der Waals surface area contributed by atoms with Crippen LogP contribution >= 0.6 is 11.6 Å². The number of nitrogens with zero attached hydrogens (tertiary/aromatic N) is 2. The highest BCUT2D eigenvalue weighted by Crippen LogP contribution is 2.40. The topological polar surface area (TPSA) is 17.4 Å². The number of fused-ring (bicyclic) bond motifs is 2. The number of rotatable bonds is 3. The van der Waals surface area contributed by atoms with E-state index in [9.17, 15) is 0 Å². The minimum atomic E-state index is 0.137. The van der Waals surface area contributed by atoms with Crippen molar-refractivity contribution in [3.63, 3.8) is 0 Å². The van der Waals surface area contributed by atoms with E-state index in [0.29, 0.717) is 5.92 Å². The molecule has 0 amide bonds. The maximum atomic E-state index is 6.57. The van der Waals surface area contributed by atoms with Crippen LogP contribution in [0.25, 0.3) is 0 Å². The monoisotopic (exact) mass is 356 g/mol. The van der Waals surface area contributed by atoms with E-state index in [0.717, 1.165) is 23.2 Å². The first kappa shape index (κ1) is 15.8. The Hall–Kier alpha value is -1.45. The lowest BCUT2D eigenvalue weighted by molar-refractivity contribution is 0.0725. The zero-order chi connectivity index (χ0) is 16.8. The van der Waals surface area contributed by atoms with Gasteiger partial charge >= 0.3 is 0 Å². The van der Waals surface area contributed by atoms with Crippen molar-refractivity contribution in [3.8, 4) is 5.75 Å². The number of likely N-dealkylation sites (tertiary alicyclic amines) is 1. The van der Waals surface area contributed by atoms with Gasteiger partial charge in [0.2, 0.25) is 0 Å². The van der Waals surface area contributed by atoms with Crippen LogP contribution in [0.4, 0.5) is 0 Å². The van der Waals surface area contributed by atoms with Gasteiger partial charge in [0.25, 0.3) is 0 Å². The molecule has 1 aromatic heterocycles. The van der Waals surface area contributed by atoms with Gasteiger partial charge in [-0.2, -0.15) is 0 Å². The normalized spacial score (nSPS) is 24.3. The molecule has 132 valence electrons. The Kier molecular flexibility index (Phi) is 4.02. The second-order valence-corrected chi connectivity index (χ2v) is 8.37. The molecule has 2 fully saturated rings. The van der Waals surface area contributed by atoms with Gasteiger partial charge < -0.3 is 14.2 Å². The van der Waals surface area contributed by atoms with Crippen LogP contribution in [0.2, 0.25) is 5.02 Å². The number of piperidine rings is 1. The van der Waals surface area contributed by atoms with Crippen LogP contribution in [-0.4, -0.2) is 29.1 Å². The fourth-order valence-corrected chi connectivity index (χ4v) is 4.58. The Morgan fingerprint density at radius 2 is 1.92 bits per heavy atom. The third-order valence-corrected chi connectivity index (χ3v) is 6.29. The molecule has 1 unspecified atom stereocenters. The molecule has 5 rings (SSSR count). The molecule has 0 bridgehead atoms. The molecule has 2 aromatic rings. The maximum Gasteiger partial charge on any atom is 0.141 e. The van der Waals surface area contributed by atoms with E-state index in [2.05, 4.69) is 33.9 Å². The molecule has 3 aliphatic rings. The average Bonchev–Trinajstić information content (AvgIpc) is 3.35. The highest BCUT2D eigenvalue weighted by atomic mass is 35.5. The lowest BCUT2D eigenvalue weighted by atomic mass is 9.89. The third kappa shape index (κ3) is 3.20. The van der Waals surface area contributed by atoms with Crippen molar-refractivity contribution in [1.29, 1.82) is 0 Å². The summed E-state index contributed by atoms with van der Waals surface area (Å²) in [4.78, 5) is 2.66. The number of hydrogen-bond donors (Lipinski definition) is 0. The van der Waals surface area contributed by atoms with Crippen molar-refractivity contribution in [1.82, 2.24) is 9.47 Å². The fraction of sp³-hybridized carbons (Fsp3) is 0.524. The Bertz CT molecular complexity index is 759. The first-order chi connectivity index (χ1) is 12.3. The number of aromatic nitrogens is 1. The minimum absolute atomic E-state index is 0.137. The zero-order valence-corrected chi connectivity index (χ0v) is 15.3. The molecule has 0 spiro atoms. The summed E-state index contributed by atoms with van der Waals surface area (Å²) in [6.45, 7) is 4.60. The van der Waals surface area contributed by atoms with E-state index in [1.165, 1.54) is 56.6 Å². The van der Waals surface area contributed by atoms with Crippen LogP contribution in [0.15, 0.2) is 36.5 Å². The van der Waals surface area contributed by atoms with E-state index >= 15 is 0 Å². The fourth-order valence-electron chi connectivity index (χ4n) is 4.42. The SMILES string of the molecule is Clc1ccc2c(c1)OC(C1CCN(CC3CC3)CC1)c1cccn1C2. The molecule has 25 heavy (non-hydrogen) atoms. The third-order valence-electron chi connectivity index (χ3n) is 6.05. The van der Waals surface area contributed by atoms with Crippen LogP contribution in [0.1, 0.15) is 43.0 Å². The molecule has 2 aliphatic heterocycles. The molecular formula is C21H25ClN2O. The summed E-state index contributed by atoms with van der Waals surface area (Å²) in [7, 11) is 0. The van der Waals surface area contributed by atoms with Gasteiger partial charge in [0, 0.05) is 29.2 Å². The summed E-state index contributed by atoms with van der Waals surface area (Å²) in [6, 6.07) is 10.4. The summed E-state index contributed by atoms with van der Waals surface area (Å²) in [5, 5.41) is 0.753. The standard InChI is InChI=1S/C21H25ClN2O/c22-18-6-5-17-14-24-9-1-2-19(24)21(25-20(17)12-18)16-7-10-23(11-8-16)13-15-3-4-15/h1-2,5-6,9,12,15-16,21H,3-4,7-8,10-11,13-14H2. The molecule has 1 atom stereocenters. The first-order valence-corrected chi connectivity index (χ1v) is 9.96. The van der Waals surface area contributed by atoms with E-state index < -0.39 is 0 Å². The van der Waals surface area contributed by atoms with E-state index in [1.54, 1.807) is 0 Å². The summed E-state index contributed by atoms with van der Waals surface area (Å²) < 4.78 is 8.92. The van der Waals surface area contributed by atoms with Gasteiger partial charge in [-0.15, -0.1) is 0 Å². The Labute approximate surface area is 154 Å². The Balaban J connectivity index is 1.38. The van der Waals surface area contributed by atoms with Crippen molar-refractivity contribution >= 4 is 11.6 Å². The van der Waals surface area contributed by atoms with Crippen molar-refractivity contribution in [2.24, 2.45) is 11.8 Å². The molecule has 1 saturated heterocycles. The molecular weight excluding hydrogens is 332 g/mol. The Morgan fingerprint density at radius 3 is 2.72 bits per heavy atom. The predicted octanol–water partition coefficient (Wildman–Crippen LogP) is 4.75. The number of ether oxygens (including phenoxy) is 1. The second kappa shape index (κ2) is 6.37. The summed E-state index contributed by atoms with van der Waals surface area (Å²) in [6.07, 6.45) is 7.64. The van der Waals surface area contributed by atoms with Crippen molar-refractivity contribution < 1.29 is 4.74 Å². The molecule has 1 aromatic carbocycles. The van der Waals surface area contributed by atoms with Gasteiger partial charge in [0.15, 0.2) is 0 Å². The van der Waals surface area contributed by atoms with Gasteiger partial charge in [-0.3, -0.25) is 0 Å². The lowest BCUT2D eigenvalue weighted by Gasteiger charge is -2.36. The van der Waals surface area contributed by atoms with Gasteiger partial charge in [-0.05, 0) is 69.0 Å². The van der Waals surface area contributed by atoms with Gasteiger partial charge in [-0.1, -0.05) is 17.7 Å². The smallest absolute Gasteiger partial charge is 0.141 e. The molecule has 3 nitrogen and oxygen atoms in total. The molecule has 1 saturated carbocycles. The molecule has 3 heterocycles. The number of halogens is 1. The Morgan fingerprint density at radius 1 is 1.08 bits per heavy atom. The number of hydrogen-bond acceptors (Lipinski definition) is 2. The van der Waals surface area contributed by atoms with Crippen molar-refractivity contribution in [2.45, 2.75) is 38.3 Å². The van der Waals surface area contributed by atoms with Crippen molar-refractivity contribution in [2.75, 3.05) is 19.6 Å². The minimum Gasteiger partial charge on any atom is -0.484 e. The zero-order valence-electron chi connectivity index (χ0n) is 14.5. The first-order valence-electron chi connectivity index (χ1n) is 9.59. The van der Waals surface area contributed by atoms with Crippen LogP contribution < -0.4 is 4.74 Å². The van der Waals surface area contributed by atoms with E-state index in [1.807, 2.05) is 12.1 Å². The van der Waals surface area contributed by atoms with E-state index in [4.69, 9.17) is 16.3 Å². The molecule has 1 aliphatic carbocycles. The molecule has 4 heteroatoms. The summed E-state index contributed by atoms with van der Waals surface area (Å²) in [5.74, 6) is 2.52. The highest BCUT2D eigenvalue weighted by Gasteiger charge is 2.34. The maximum absolute atomic E-state index is 6.57. The van der Waals surface area contributed by atoms with Crippen LogP contribution in [0.3, 0.4) is 0 Å². The predicted molar refractivity (Wildman–Crippen MR) is 100 cm³/mol. The van der Waals surface area contributed by atoms with Gasteiger partial charge in [-0.25, -0.2) is 0 Å². The molecule has 0 N–H and O–H groups in total. The molecule has 0 radical (unpaired) electrons. The van der Waals surface area contributed by atoms with Gasteiger partial charge in [0.1, 0.15) is 11.9 Å². The summed E-state index contributed by atoms with van der Waals surface area (Å²) >= 11 is 6.23.